The van der Waals surface area contributed by atoms with Crippen molar-refractivity contribution in [1.29, 1.82) is 0 Å². The summed E-state index contributed by atoms with van der Waals surface area (Å²) in [4.78, 5) is 27.9. The molecule has 2 aromatic rings. The summed E-state index contributed by atoms with van der Waals surface area (Å²) in [6, 6.07) is 11.4. The number of rotatable bonds is 3. The van der Waals surface area contributed by atoms with Crippen LogP contribution in [0.15, 0.2) is 42.5 Å². The number of carbonyl (C=O) groups is 2. The Morgan fingerprint density at radius 1 is 0.893 bits per heavy atom. The number of benzene rings is 2. The predicted molar refractivity (Wildman–Crippen MR) is 97.2 cm³/mol. The number of hydrogen-bond donors (Lipinski definition) is 0. The van der Waals surface area contributed by atoms with E-state index in [0.29, 0.717) is 31.7 Å². The minimum absolute atomic E-state index is 0.0171. The third kappa shape index (κ3) is 3.49. The summed E-state index contributed by atoms with van der Waals surface area (Å²) in [6.45, 7) is 3.79. The Kier molecular flexibility index (Phi) is 4.41. The van der Waals surface area contributed by atoms with Crippen molar-refractivity contribution < 1.29 is 27.8 Å². The number of hydrogen-bond acceptors (Lipinski definition) is 5. The zero-order valence-electron chi connectivity index (χ0n) is 15.2. The summed E-state index contributed by atoms with van der Waals surface area (Å²) in [5.74, 6) is -0.447. The van der Waals surface area contributed by atoms with Crippen LogP contribution in [-0.2, 0) is 0 Å². The van der Waals surface area contributed by atoms with E-state index < -0.39 is 6.29 Å². The highest BCUT2D eigenvalue weighted by molar-refractivity contribution is 5.95. The average Bonchev–Trinajstić information content (AvgIpc) is 3.00. The van der Waals surface area contributed by atoms with Crippen molar-refractivity contribution in [2.24, 2.45) is 0 Å². The van der Waals surface area contributed by atoms with Gasteiger partial charge in [-0.3, -0.25) is 9.59 Å². The zero-order valence-corrected chi connectivity index (χ0v) is 15.2. The van der Waals surface area contributed by atoms with Gasteiger partial charge in [0.2, 0.25) is 0 Å². The Balaban J connectivity index is 1.40. The number of nitrogens with zero attached hydrogens (tertiary/aromatic N) is 2. The van der Waals surface area contributed by atoms with Crippen LogP contribution in [0.25, 0.3) is 0 Å². The van der Waals surface area contributed by atoms with E-state index in [1.54, 1.807) is 17.0 Å². The number of alkyl halides is 2. The molecule has 28 heavy (non-hydrogen) atoms. The number of amides is 1. The molecular formula is C20H18F2N2O4. The molecule has 2 aromatic carbocycles. The van der Waals surface area contributed by atoms with E-state index in [4.69, 9.17) is 0 Å². The molecule has 0 atom stereocenters. The molecule has 0 aliphatic carbocycles. The van der Waals surface area contributed by atoms with Gasteiger partial charge >= 0.3 is 6.29 Å². The van der Waals surface area contributed by atoms with Gasteiger partial charge < -0.3 is 19.3 Å². The van der Waals surface area contributed by atoms with Crippen molar-refractivity contribution in [3.63, 3.8) is 0 Å². The lowest BCUT2D eigenvalue weighted by atomic mass is 10.1. The van der Waals surface area contributed by atoms with E-state index in [-0.39, 0.29) is 28.8 Å². The van der Waals surface area contributed by atoms with Gasteiger partial charge in [0.15, 0.2) is 17.3 Å². The third-order valence-electron chi connectivity index (χ3n) is 4.85. The quantitative estimate of drug-likeness (QED) is 0.756. The molecule has 0 radical (unpaired) electrons. The molecule has 0 spiro atoms. The van der Waals surface area contributed by atoms with Gasteiger partial charge in [-0.15, -0.1) is 8.78 Å². The molecule has 0 aromatic heterocycles. The van der Waals surface area contributed by atoms with Gasteiger partial charge in [-0.25, -0.2) is 0 Å². The minimum Gasteiger partial charge on any atom is -0.395 e. The number of Topliss-reactive ketones (excluding diaryl/α,β-unsaturated/α-hetero) is 1. The van der Waals surface area contributed by atoms with Gasteiger partial charge in [-0.05, 0) is 49.4 Å². The van der Waals surface area contributed by atoms with Gasteiger partial charge in [0.05, 0.1) is 0 Å². The number of carbonyl (C=O) groups excluding carboxylic acids is 2. The van der Waals surface area contributed by atoms with Crippen LogP contribution in [0.2, 0.25) is 0 Å². The number of anilines is 1. The maximum absolute atomic E-state index is 13.1. The molecule has 2 heterocycles. The molecular weight excluding hydrogens is 370 g/mol. The lowest BCUT2D eigenvalue weighted by molar-refractivity contribution is -0.286. The molecule has 0 bridgehead atoms. The first-order valence-corrected chi connectivity index (χ1v) is 8.87. The van der Waals surface area contributed by atoms with Crippen LogP contribution in [0.4, 0.5) is 14.5 Å². The van der Waals surface area contributed by atoms with E-state index >= 15 is 0 Å². The van der Waals surface area contributed by atoms with Gasteiger partial charge in [0, 0.05) is 43.0 Å². The fourth-order valence-electron chi connectivity index (χ4n) is 3.34. The summed E-state index contributed by atoms with van der Waals surface area (Å²) < 4.78 is 35.0. The molecule has 1 saturated heterocycles. The monoisotopic (exact) mass is 388 g/mol. The highest BCUT2D eigenvalue weighted by Gasteiger charge is 2.43. The molecule has 0 saturated carbocycles. The Morgan fingerprint density at radius 2 is 1.50 bits per heavy atom. The van der Waals surface area contributed by atoms with Crippen molar-refractivity contribution >= 4 is 17.4 Å². The first-order chi connectivity index (χ1) is 13.3. The number of piperazine rings is 1. The van der Waals surface area contributed by atoms with E-state index in [1.807, 2.05) is 12.1 Å². The Morgan fingerprint density at radius 3 is 2.14 bits per heavy atom. The number of ketones is 1. The van der Waals surface area contributed by atoms with Crippen LogP contribution >= 0.6 is 0 Å². The minimum atomic E-state index is -3.70. The lowest BCUT2D eigenvalue weighted by Gasteiger charge is -2.36. The van der Waals surface area contributed by atoms with E-state index in [0.717, 1.165) is 5.69 Å². The fraction of sp³-hybridized carbons (Fsp3) is 0.300. The summed E-state index contributed by atoms with van der Waals surface area (Å²) >= 11 is 0. The molecule has 1 fully saturated rings. The van der Waals surface area contributed by atoms with Gasteiger partial charge in [-0.1, -0.05) is 0 Å². The van der Waals surface area contributed by atoms with Crippen molar-refractivity contribution in [3.8, 4) is 11.5 Å². The van der Waals surface area contributed by atoms with Gasteiger partial charge in [-0.2, -0.15) is 0 Å². The molecule has 146 valence electrons. The second-order valence-electron chi connectivity index (χ2n) is 6.71. The van der Waals surface area contributed by atoms with Crippen molar-refractivity contribution in [1.82, 2.24) is 4.90 Å². The molecule has 2 aliphatic heterocycles. The summed E-state index contributed by atoms with van der Waals surface area (Å²) in [6.07, 6.45) is -3.70. The predicted octanol–water partition coefficient (Wildman–Crippen LogP) is 3.17. The smallest absolute Gasteiger partial charge is 0.395 e. The highest BCUT2D eigenvalue weighted by Crippen LogP contribution is 2.41. The largest absolute Gasteiger partial charge is 0.586 e. The molecule has 0 unspecified atom stereocenters. The second kappa shape index (κ2) is 6.78. The lowest BCUT2D eigenvalue weighted by Crippen LogP contribution is -2.48. The molecule has 2 aliphatic rings. The van der Waals surface area contributed by atoms with Crippen LogP contribution < -0.4 is 14.4 Å². The highest BCUT2D eigenvalue weighted by atomic mass is 19.3. The normalized spacial score (nSPS) is 17.5. The first-order valence-electron chi connectivity index (χ1n) is 8.87. The molecule has 6 nitrogen and oxygen atoms in total. The van der Waals surface area contributed by atoms with Crippen LogP contribution in [-0.4, -0.2) is 49.1 Å². The van der Waals surface area contributed by atoms with E-state index in [2.05, 4.69) is 14.4 Å². The van der Waals surface area contributed by atoms with Gasteiger partial charge in [0.25, 0.3) is 5.91 Å². The number of fused-ring (bicyclic) bond motifs is 1. The molecule has 4 rings (SSSR count). The SMILES string of the molecule is CC(=O)c1ccc(N2CCN(C(=O)c3ccc4c(c3)OC(F)(F)O4)CC2)cc1. The van der Waals surface area contributed by atoms with Crippen LogP contribution in [0.5, 0.6) is 11.5 Å². The first kappa shape index (κ1) is 18.2. The molecule has 0 N–H and O–H groups in total. The Labute approximate surface area is 160 Å². The van der Waals surface area contributed by atoms with Crippen molar-refractivity contribution in [2.45, 2.75) is 13.2 Å². The maximum atomic E-state index is 13.1. The standard InChI is InChI=1S/C20H18F2N2O4/c1-13(25)14-2-5-16(6-3-14)23-8-10-24(11-9-23)19(26)15-4-7-17-18(12-15)28-20(21,22)27-17/h2-7,12H,8-11H2,1H3. The summed E-state index contributed by atoms with van der Waals surface area (Å²) in [5.41, 5.74) is 1.92. The van der Waals surface area contributed by atoms with Crippen LogP contribution in [0.1, 0.15) is 27.6 Å². The third-order valence-corrected chi connectivity index (χ3v) is 4.85. The molecule has 8 heteroatoms. The maximum Gasteiger partial charge on any atom is 0.586 e. The van der Waals surface area contributed by atoms with E-state index in [9.17, 15) is 18.4 Å². The van der Waals surface area contributed by atoms with Gasteiger partial charge in [0.1, 0.15) is 0 Å². The average molecular weight is 388 g/mol. The fourth-order valence-corrected chi connectivity index (χ4v) is 3.34. The number of halogens is 2. The van der Waals surface area contributed by atoms with Crippen LogP contribution in [0.3, 0.4) is 0 Å². The summed E-state index contributed by atoms with van der Waals surface area (Å²) in [5, 5.41) is 0. The topological polar surface area (TPSA) is 59.1 Å². The van der Waals surface area contributed by atoms with Crippen LogP contribution in [0, 0.1) is 0 Å². The second-order valence-corrected chi connectivity index (χ2v) is 6.71. The Bertz CT molecular complexity index is 922. The molecule has 1 amide bonds. The summed E-state index contributed by atoms with van der Waals surface area (Å²) in [7, 11) is 0. The van der Waals surface area contributed by atoms with E-state index in [1.165, 1.54) is 25.1 Å². The number of ether oxygens (including phenoxy) is 2. The van der Waals surface area contributed by atoms with Crippen molar-refractivity contribution in [3.05, 3.63) is 53.6 Å². The van der Waals surface area contributed by atoms with Crippen molar-refractivity contribution in [2.75, 3.05) is 31.1 Å². The zero-order chi connectivity index (χ0) is 19.9. The Hall–Kier alpha value is -3.16.